The summed E-state index contributed by atoms with van der Waals surface area (Å²) in [6, 6.07) is 17.3. The summed E-state index contributed by atoms with van der Waals surface area (Å²) in [5.41, 5.74) is 13.0. The standard InChI is InChI=1S/C30H35N7/c1-4-7-22(5-2)26-13-14-27-30(34-26)37(29(35-27)25-8-6-17-33-28(25)31)24-11-9-21(10-12-24)20-36-18-15-23(32-3)16-19-36/h4-14,17,23,32H,15-16,18-20H2,1-3H3,(H2,31,33)/b7-4-,22-5+. The number of fused-ring (bicyclic) bond motifs is 1. The minimum absolute atomic E-state index is 0.448. The van der Waals surface area contributed by atoms with Crippen molar-refractivity contribution in [3.63, 3.8) is 0 Å². The number of pyridine rings is 2. The van der Waals surface area contributed by atoms with Gasteiger partial charge in [-0.15, -0.1) is 0 Å². The molecule has 1 aliphatic heterocycles. The molecule has 0 spiro atoms. The number of aromatic nitrogens is 4. The van der Waals surface area contributed by atoms with Crippen molar-refractivity contribution in [1.82, 2.24) is 29.7 Å². The number of likely N-dealkylation sites (tertiary alicyclic amines) is 1. The summed E-state index contributed by atoms with van der Waals surface area (Å²) in [6.07, 6.45) is 10.3. The molecule has 7 heteroatoms. The average Bonchev–Trinajstić information content (AvgIpc) is 3.31. The number of hydrogen-bond acceptors (Lipinski definition) is 6. The lowest BCUT2D eigenvalue weighted by Gasteiger charge is -2.31. The number of nitrogens with one attached hydrogen (secondary N) is 1. The van der Waals surface area contributed by atoms with Gasteiger partial charge in [-0.1, -0.05) is 30.4 Å². The molecule has 37 heavy (non-hydrogen) atoms. The van der Waals surface area contributed by atoms with Crippen LogP contribution in [-0.4, -0.2) is 50.6 Å². The van der Waals surface area contributed by atoms with E-state index in [4.69, 9.17) is 15.7 Å². The molecule has 0 amide bonds. The second-order valence-corrected chi connectivity index (χ2v) is 9.50. The minimum Gasteiger partial charge on any atom is -0.383 e. The van der Waals surface area contributed by atoms with Crippen LogP contribution in [0.3, 0.4) is 0 Å². The largest absolute Gasteiger partial charge is 0.383 e. The topological polar surface area (TPSA) is 84.9 Å². The number of allylic oxidation sites excluding steroid dienone is 4. The van der Waals surface area contributed by atoms with E-state index < -0.39 is 0 Å². The molecule has 3 N–H and O–H groups in total. The maximum absolute atomic E-state index is 6.30. The first kappa shape index (κ1) is 24.9. The van der Waals surface area contributed by atoms with Crippen LogP contribution in [0, 0.1) is 0 Å². The molecule has 1 fully saturated rings. The lowest BCUT2D eigenvalue weighted by atomic mass is 10.0. The van der Waals surface area contributed by atoms with Gasteiger partial charge in [-0.25, -0.2) is 15.0 Å². The molecule has 7 nitrogen and oxygen atoms in total. The number of anilines is 1. The molecule has 4 heterocycles. The highest BCUT2D eigenvalue weighted by molar-refractivity contribution is 5.85. The van der Waals surface area contributed by atoms with Crippen LogP contribution in [0.5, 0.6) is 0 Å². The number of hydrogen-bond donors (Lipinski definition) is 2. The van der Waals surface area contributed by atoms with E-state index in [-0.39, 0.29) is 0 Å². The van der Waals surface area contributed by atoms with Gasteiger partial charge in [-0.2, -0.15) is 0 Å². The van der Waals surface area contributed by atoms with Gasteiger partial charge in [0.15, 0.2) is 11.5 Å². The van der Waals surface area contributed by atoms with Gasteiger partial charge in [0.25, 0.3) is 0 Å². The predicted octanol–water partition coefficient (Wildman–Crippen LogP) is 5.23. The fourth-order valence-electron chi connectivity index (χ4n) is 5.05. The Hall–Kier alpha value is -3.81. The summed E-state index contributed by atoms with van der Waals surface area (Å²) in [4.78, 5) is 16.8. The van der Waals surface area contributed by atoms with Gasteiger partial charge < -0.3 is 11.1 Å². The van der Waals surface area contributed by atoms with Crippen LogP contribution in [0.15, 0.2) is 73.0 Å². The Bertz CT molecular complexity index is 1420. The third-order valence-corrected chi connectivity index (χ3v) is 7.13. The molecule has 1 aromatic carbocycles. The molecular weight excluding hydrogens is 458 g/mol. The van der Waals surface area contributed by atoms with Crippen LogP contribution in [0.4, 0.5) is 5.82 Å². The van der Waals surface area contributed by atoms with Gasteiger partial charge in [0.1, 0.15) is 11.3 Å². The summed E-state index contributed by atoms with van der Waals surface area (Å²) in [7, 11) is 2.06. The fraction of sp³-hybridized carbons (Fsp3) is 0.300. The van der Waals surface area contributed by atoms with Crippen molar-refractivity contribution >= 4 is 22.6 Å². The molecule has 5 rings (SSSR count). The lowest BCUT2D eigenvalue weighted by Crippen LogP contribution is -2.40. The fourth-order valence-corrected chi connectivity index (χ4v) is 5.05. The highest BCUT2D eigenvalue weighted by Gasteiger charge is 2.20. The van der Waals surface area contributed by atoms with E-state index in [0.29, 0.717) is 11.9 Å². The van der Waals surface area contributed by atoms with E-state index in [1.807, 2.05) is 44.2 Å². The molecule has 0 saturated carbocycles. The molecule has 190 valence electrons. The molecular formula is C30H35N7. The molecule has 0 unspecified atom stereocenters. The van der Waals surface area contributed by atoms with E-state index in [2.05, 4.69) is 63.2 Å². The number of nitrogens with zero attached hydrogens (tertiary/aromatic N) is 5. The van der Waals surface area contributed by atoms with Gasteiger partial charge in [0, 0.05) is 24.5 Å². The third kappa shape index (κ3) is 5.19. The van der Waals surface area contributed by atoms with Gasteiger partial charge in [-0.05, 0) is 94.4 Å². The smallest absolute Gasteiger partial charge is 0.165 e. The quantitative estimate of drug-likeness (QED) is 0.343. The summed E-state index contributed by atoms with van der Waals surface area (Å²) in [5.74, 6) is 1.18. The minimum atomic E-state index is 0.448. The highest BCUT2D eigenvalue weighted by Crippen LogP contribution is 2.31. The zero-order valence-corrected chi connectivity index (χ0v) is 21.9. The van der Waals surface area contributed by atoms with Crippen LogP contribution in [-0.2, 0) is 6.54 Å². The summed E-state index contributed by atoms with van der Waals surface area (Å²) in [6.45, 7) is 7.24. The zero-order valence-electron chi connectivity index (χ0n) is 21.9. The second-order valence-electron chi connectivity index (χ2n) is 9.50. The Morgan fingerprint density at radius 1 is 1.05 bits per heavy atom. The van der Waals surface area contributed by atoms with E-state index in [1.54, 1.807) is 6.20 Å². The molecule has 1 aliphatic rings. The van der Waals surface area contributed by atoms with Crippen molar-refractivity contribution in [2.45, 2.75) is 39.3 Å². The van der Waals surface area contributed by atoms with E-state index in [0.717, 1.165) is 59.1 Å². The van der Waals surface area contributed by atoms with Crippen molar-refractivity contribution in [3.05, 3.63) is 84.2 Å². The van der Waals surface area contributed by atoms with Crippen molar-refractivity contribution in [3.8, 4) is 17.1 Å². The number of nitrogens with two attached hydrogens (primary N) is 1. The normalized spacial score (nSPS) is 15.7. The summed E-state index contributed by atoms with van der Waals surface area (Å²) in [5, 5.41) is 3.41. The van der Waals surface area contributed by atoms with Gasteiger partial charge in [0.05, 0.1) is 11.3 Å². The number of rotatable bonds is 7. The zero-order chi connectivity index (χ0) is 25.8. The SMILES string of the molecule is C/C=C\C(=C/C)c1ccc2nc(-c3cccnc3N)n(-c3ccc(CN4CCC(NC)CC4)cc3)c2n1. The Morgan fingerprint density at radius 3 is 2.51 bits per heavy atom. The number of benzene rings is 1. The van der Waals surface area contributed by atoms with Crippen LogP contribution in [0.1, 0.15) is 37.9 Å². The summed E-state index contributed by atoms with van der Waals surface area (Å²) < 4.78 is 2.09. The van der Waals surface area contributed by atoms with Crippen LogP contribution in [0.2, 0.25) is 0 Å². The number of piperidine rings is 1. The van der Waals surface area contributed by atoms with Crippen LogP contribution in [0.25, 0.3) is 33.8 Å². The molecule has 0 aliphatic carbocycles. The Morgan fingerprint density at radius 2 is 1.84 bits per heavy atom. The molecule has 1 saturated heterocycles. The highest BCUT2D eigenvalue weighted by atomic mass is 15.1. The number of imidazole rings is 1. The maximum Gasteiger partial charge on any atom is 0.165 e. The van der Waals surface area contributed by atoms with Gasteiger partial charge >= 0.3 is 0 Å². The molecule has 0 atom stereocenters. The van der Waals surface area contributed by atoms with E-state index >= 15 is 0 Å². The average molecular weight is 494 g/mol. The molecule has 0 radical (unpaired) electrons. The van der Waals surface area contributed by atoms with Crippen molar-refractivity contribution < 1.29 is 0 Å². The summed E-state index contributed by atoms with van der Waals surface area (Å²) >= 11 is 0. The van der Waals surface area contributed by atoms with Crippen LogP contribution >= 0.6 is 0 Å². The van der Waals surface area contributed by atoms with E-state index in [9.17, 15) is 0 Å². The first-order chi connectivity index (χ1) is 18.1. The molecule has 4 aromatic rings. The maximum atomic E-state index is 6.30. The monoisotopic (exact) mass is 493 g/mol. The lowest BCUT2D eigenvalue weighted by molar-refractivity contribution is 0.194. The Balaban J connectivity index is 1.55. The van der Waals surface area contributed by atoms with Crippen molar-refractivity contribution in [1.29, 1.82) is 0 Å². The van der Waals surface area contributed by atoms with Crippen molar-refractivity contribution in [2.75, 3.05) is 25.9 Å². The third-order valence-electron chi connectivity index (χ3n) is 7.13. The Labute approximate surface area is 218 Å². The first-order valence-corrected chi connectivity index (χ1v) is 13.0. The predicted molar refractivity (Wildman–Crippen MR) is 152 cm³/mol. The first-order valence-electron chi connectivity index (χ1n) is 13.0. The molecule has 3 aromatic heterocycles. The van der Waals surface area contributed by atoms with Crippen molar-refractivity contribution in [2.24, 2.45) is 0 Å². The Kier molecular flexibility index (Phi) is 7.44. The number of nitrogen functional groups attached to an aromatic ring is 1. The molecule has 0 bridgehead atoms. The second kappa shape index (κ2) is 11.1. The van der Waals surface area contributed by atoms with E-state index in [1.165, 1.54) is 18.4 Å². The van der Waals surface area contributed by atoms with Crippen LogP contribution < -0.4 is 11.1 Å². The van der Waals surface area contributed by atoms with Gasteiger partial charge in [0.2, 0.25) is 0 Å². The van der Waals surface area contributed by atoms with Gasteiger partial charge in [-0.3, -0.25) is 9.47 Å².